The van der Waals surface area contributed by atoms with Crippen LogP contribution in [0.4, 0.5) is 0 Å². The van der Waals surface area contributed by atoms with Gasteiger partial charge in [0.15, 0.2) is 0 Å². The Morgan fingerprint density at radius 2 is 2.08 bits per heavy atom. The lowest BCUT2D eigenvalue weighted by Gasteiger charge is -2.10. The van der Waals surface area contributed by atoms with Crippen LogP contribution in [0.3, 0.4) is 0 Å². The molecule has 0 aromatic rings. The molecule has 1 N–H and O–H groups in total. The maximum atomic E-state index is 5.72. The summed E-state index contributed by atoms with van der Waals surface area (Å²) in [7, 11) is 0. The fourth-order valence-corrected chi connectivity index (χ4v) is 1.83. The van der Waals surface area contributed by atoms with Crippen molar-refractivity contribution in [2.75, 3.05) is 6.54 Å². The van der Waals surface area contributed by atoms with E-state index in [0.29, 0.717) is 12.2 Å². The van der Waals surface area contributed by atoms with Crippen molar-refractivity contribution in [3.05, 3.63) is 0 Å². The molecule has 0 radical (unpaired) electrons. The zero-order valence-electron chi connectivity index (χ0n) is 7.88. The smallest absolute Gasteiger partial charge is 0.0591 e. The third-order valence-electron chi connectivity index (χ3n) is 2.80. The Morgan fingerprint density at radius 3 is 2.67 bits per heavy atom. The highest BCUT2D eigenvalue weighted by Gasteiger charge is 2.23. The largest absolute Gasteiger partial charge is 0.375 e. The molecule has 2 unspecified atom stereocenters. The maximum Gasteiger partial charge on any atom is 0.0591 e. The highest BCUT2D eigenvalue weighted by Crippen LogP contribution is 2.22. The van der Waals surface area contributed by atoms with Crippen LogP contribution in [0.5, 0.6) is 0 Å². The van der Waals surface area contributed by atoms with Gasteiger partial charge >= 0.3 is 0 Å². The molecule has 0 bridgehead atoms. The number of nitrogens with one attached hydrogen (secondary N) is 1. The van der Waals surface area contributed by atoms with Gasteiger partial charge in [0.2, 0.25) is 0 Å². The molecule has 2 fully saturated rings. The van der Waals surface area contributed by atoms with Crippen LogP contribution in [0.1, 0.15) is 39.0 Å². The first-order valence-corrected chi connectivity index (χ1v) is 5.23. The van der Waals surface area contributed by atoms with Gasteiger partial charge in [-0.3, -0.25) is 0 Å². The molecule has 70 valence electrons. The van der Waals surface area contributed by atoms with E-state index in [2.05, 4.69) is 12.2 Å². The Labute approximate surface area is 74.7 Å². The van der Waals surface area contributed by atoms with E-state index in [4.69, 9.17) is 4.74 Å². The molecule has 2 rings (SSSR count). The van der Waals surface area contributed by atoms with E-state index in [0.717, 1.165) is 12.6 Å². The molecular weight excluding hydrogens is 150 g/mol. The van der Waals surface area contributed by atoms with Crippen molar-refractivity contribution in [2.45, 2.75) is 57.3 Å². The van der Waals surface area contributed by atoms with Crippen molar-refractivity contribution in [2.24, 2.45) is 0 Å². The maximum absolute atomic E-state index is 5.72. The molecule has 2 aliphatic rings. The minimum atomic E-state index is 0.510. The average Bonchev–Trinajstić information content (AvgIpc) is 2.76. The van der Waals surface area contributed by atoms with Gasteiger partial charge in [0.05, 0.1) is 12.2 Å². The topological polar surface area (TPSA) is 21.3 Å². The van der Waals surface area contributed by atoms with Gasteiger partial charge in [-0.1, -0.05) is 0 Å². The van der Waals surface area contributed by atoms with Gasteiger partial charge in [-0.15, -0.1) is 0 Å². The van der Waals surface area contributed by atoms with Crippen LogP contribution in [0.2, 0.25) is 0 Å². The minimum Gasteiger partial charge on any atom is -0.375 e. The third-order valence-corrected chi connectivity index (χ3v) is 2.80. The lowest BCUT2D eigenvalue weighted by atomic mass is 10.1. The predicted molar refractivity (Wildman–Crippen MR) is 49.2 cm³/mol. The van der Waals surface area contributed by atoms with E-state index in [9.17, 15) is 0 Å². The van der Waals surface area contributed by atoms with Crippen LogP contribution in [-0.2, 0) is 4.74 Å². The molecule has 1 saturated carbocycles. The quantitative estimate of drug-likeness (QED) is 0.691. The van der Waals surface area contributed by atoms with E-state index in [1.54, 1.807) is 0 Å². The predicted octanol–water partition coefficient (Wildman–Crippen LogP) is 1.70. The van der Waals surface area contributed by atoms with Crippen molar-refractivity contribution >= 4 is 0 Å². The molecule has 12 heavy (non-hydrogen) atoms. The lowest BCUT2D eigenvalue weighted by Crippen LogP contribution is -2.22. The second-order valence-electron chi connectivity index (χ2n) is 4.16. The summed E-state index contributed by atoms with van der Waals surface area (Å²) in [4.78, 5) is 0. The van der Waals surface area contributed by atoms with E-state index >= 15 is 0 Å². The fourth-order valence-electron chi connectivity index (χ4n) is 1.83. The fraction of sp³-hybridized carbons (Fsp3) is 1.00. The molecule has 2 nitrogen and oxygen atoms in total. The molecule has 0 aromatic heterocycles. The Bertz CT molecular complexity index is 145. The van der Waals surface area contributed by atoms with Gasteiger partial charge in [0, 0.05) is 6.04 Å². The number of ether oxygens (including phenoxy) is 1. The Morgan fingerprint density at radius 1 is 1.25 bits per heavy atom. The van der Waals surface area contributed by atoms with Gasteiger partial charge in [-0.25, -0.2) is 0 Å². The molecule has 0 spiro atoms. The summed E-state index contributed by atoms with van der Waals surface area (Å²) < 4.78 is 5.72. The first-order chi connectivity index (χ1) is 5.84. The summed E-state index contributed by atoms with van der Waals surface area (Å²) in [5.41, 5.74) is 0. The minimum absolute atomic E-state index is 0.510. The van der Waals surface area contributed by atoms with Gasteiger partial charge < -0.3 is 10.1 Å². The van der Waals surface area contributed by atoms with E-state index in [-0.39, 0.29) is 0 Å². The van der Waals surface area contributed by atoms with Crippen LogP contribution in [0.15, 0.2) is 0 Å². The molecule has 1 saturated heterocycles. The molecule has 2 heteroatoms. The SMILES string of the molecule is CC1CCC(CCNC2CC2)O1. The summed E-state index contributed by atoms with van der Waals surface area (Å²) in [5, 5.41) is 3.52. The Balaban J connectivity index is 1.54. The molecule has 1 heterocycles. The molecule has 0 aromatic carbocycles. The van der Waals surface area contributed by atoms with Crippen LogP contribution < -0.4 is 5.32 Å². The molecule has 0 amide bonds. The van der Waals surface area contributed by atoms with Gasteiger partial charge in [0.1, 0.15) is 0 Å². The van der Waals surface area contributed by atoms with Gasteiger partial charge in [-0.05, 0) is 45.6 Å². The number of hydrogen-bond donors (Lipinski definition) is 1. The van der Waals surface area contributed by atoms with Crippen LogP contribution in [0.25, 0.3) is 0 Å². The zero-order valence-corrected chi connectivity index (χ0v) is 7.88. The Kier molecular flexibility index (Phi) is 2.66. The van der Waals surface area contributed by atoms with E-state index < -0.39 is 0 Å². The molecule has 1 aliphatic carbocycles. The van der Waals surface area contributed by atoms with Crippen molar-refractivity contribution < 1.29 is 4.74 Å². The second kappa shape index (κ2) is 3.75. The van der Waals surface area contributed by atoms with Crippen molar-refractivity contribution in [3.8, 4) is 0 Å². The Hall–Kier alpha value is -0.0800. The first-order valence-electron chi connectivity index (χ1n) is 5.23. The monoisotopic (exact) mass is 169 g/mol. The summed E-state index contributed by atoms with van der Waals surface area (Å²) in [5.74, 6) is 0. The number of hydrogen-bond acceptors (Lipinski definition) is 2. The average molecular weight is 169 g/mol. The standard InChI is InChI=1S/C10H19NO/c1-8-2-5-10(12-8)6-7-11-9-3-4-9/h8-11H,2-7H2,1H3. The summed E-state index contributed by atoms with van der Waals surface area (Å²) in [6.07, 6.45) is 7.58. The normalized spacial score (nSPS) is 35.8. The van der Waals surface area contributed by atoms with Crippen molar-refractivity contribution in [3.63, 3.8) is 0 Å². The van der Waals surface area contributed by atoms with Crippen LogP contribution >= 0.6 is 0 Å². The molecule has 1 aliphatic heterocycles. The van der Waals surface area contributed by atoms with E-state index in [1.165, 1.54) is 32.1 Å². The third kappa shape index (κ3) is 2.46. The molecule has 2 atom stereocenters. The van der Waals surface area contributed by atoms with Crippen molar-refractivity contribution in [1.29, 1.82) is 0 Å². The number of rotatable bonds is 4. The first kappa shape index (κ1) is 8.52. The van der Waals surface area contributed by atoms with Crippen LogP contribution in [0, 0.1) is 0 Å². The van der Waals surface area contributed by atoms with Gasteiger partial charge in [-0.2, -0.15) is 0 Å². The highest BCUT2D eigenvalue weighted by atomic mass is 16.5. The van der Waals surface area contributed by atoms with Crippen molar-refractivity contribution in [1.82, 2.24) is 5.32 Å². The van der Waals surface area contributed by atoms with Crippen LogP contribution in [-0.4, -0.2) is 24.8 Å². The zero-order chi connectivity index (χ0) is 8.39. The van der Waals surface area contributed by atoms with E-state index in [1.807, 2.05) is 0 Å². The summed E-state index contributed by atoms with van der Waals surface area (Å²) >= 11 is 0. The highest BCUT2D eigenvalue weighted by molar-refractivity contribution is 4.81. The van der Waals surface area contributed by atoms with Gasteiger partial charge in [0.25, 0.3) is 0 Å². The molecular formula is C10H19NO. The second-order valence-corrected chi connectivity index (χ2v) is 4.16. The summed E-state index contributed by atoms with van der Waals surface area (Å²) in [6, 6.07) is 0.851. The lowest BCUT2D eigenvalue weighted by molar-refractivity contribution is 0.0511. The summed E-state index contributed by atoms with van der Waals surface area (Å²) in [6.45, 7) is 3.33.